The number of nitrogens with zero attached hydrogens (tertiary/aromatic N) is 2. The van der Waals surface area contributed by atoms with E-state index in [1.165, 1.54) is 21.3 Å². The molecule has 1 atom stereocenters. The third kappa shape index (κ3) is 7.50. The smallest absolute Gasteiger partial charge is 0.264 e. The molecule has 1 aliphatic carbocycles. The first-order valence-electron chi connectivity index (χ1n) is 14.6. The second-order valence-electron chi connectivity index (χ2n) is 10.7. The number of nitrogens with one attached hydrogen (secondary N) is 1. The molecule has 0 radical (unpaired) electrons. The highest BCUT2D eigenvalue weighted by Crippen LogP contribution is 2.28. The highest BCUT2D eigenvalue weighted by atomic mass is 32.2. The number of ether oxygens (including phenoxy) is 1. The van der Waals surface area contributed by atoms with Crippen molar-refractivity contribution in [1.82, 2.24) is 10.2 Å². The number of sulfonamides is 1. The Morgan fingerprint density at radius 1 is 0.952 bits per heavy atom. The standard InChI is InChI=1S/C33H41N3O5S/c1-4-27-15-11-12-21-31(27)36(42(39,40)30-19-9-6-10-20-30)24-32(37)35(23-26-14-13-18-29(22-26)41-3)25(2)33(38)34-28-16-7-5-8-17-28/h6,9-15,18-22,25,28H,4-5,7-8,16-17,23-24H2,1-3H3,(H,34,38). The van der Waals surface area contributed by atoms with E-state index in [4.69, 9.17) is 4.74 Å². The van der Waals surface area contributed by atoms with Crippen LogP contribution in [0.25, 0.3) is 0 Å². The first kappa shape index (κ1) is 31.1. The molecule has 0 aromatic heterocycles. The SMILES string of the molecule is CCc1ccccc1N(CC(=O)N(Cc1cccc(OC)c1)C(C)C(=O)NC1CCCCC1)S(=O)(=O)c1ccccc1. The number of hydrogen-bond acceptors (Lipinski definition) is 5. The lowest BCUT2D eigenvalue weighted by Crippen LogP contribution is -2.53. The van der Waals surface area contributed by atoms with Gasteiger partial charge in [0.1, 0.15) is 18.3 Å². The predicted molar refractivity (Wildman–Crippen MR) is 165 cm³/mol. The number of amides is 2. The van der Waals surface area contributed by atoms with Gasteiger partial charge < -0.3 is 15.0 Å². The maximum atomic E-state index is 14.2. The molecule has 9 heteroatoms. The third-order valence-corrected chi connectivity index (χ3v) is 9.63. The molecular weight excluding hydrogens is 550 g/mol. The lowest BCUT2D eigenvalue weighted by Gasteiger charge is -2.33. The van der Waals surface area contributed by atoms with E-state index in [0.717, 1.165) is 43.2 Å². The van der Waals surface area contributed by atoms with Crippen molar-refractivity contribution in [3.8, 4) is 5.75 Å². The summed E-state index contributed by atoms with van der Waals surface area (Å²) in [6.07, 6.45) is 5.70. The number of rotatable bonds is 12. The van der Waals surface area contributed by atoms with E-state index in [-0.39, 0.29) is 23.4 Å². The minimum atomic E-state index is -4.10. The number of carbonyl (C=O) groups is 2. The number of methoxy groups -OCH3 is 1. The molecule has 8 nitrogen and oxygen atoms in total. The molecule has 3 aromatic carbocycles. The molecule has 0 aliphatic heterocycles. The fourth-order valence-corrected chi connectivity index (χ4v) is 6.88. The van der Waals surface area contributed by atoms with Crippen LogP contribution in [-0.4, -0.2) is 50.9 Å². The second kappa shape index (κ2) is 14.4. The maximum Gasteiger partial charge on any atom is 0.264 e. The number of carbonyl (C=O) groups excluding carboxylic acids is 2. The van der Waals surface area contributed by atoms with Crippen LogP contribution < -0.4 is 14.4 Å². The van der Waals surface area contributed by atoms with Crippen LogP contribution in [0.4, 0.5) is 5.69 Å². The topological polar surface area (TPSA) is 96.0 Å². The van der Waals surface area contributed by atoms with Crippen LogP contribution in [0.15, 0.2) is 83.8 Å². The summed E-state index contributed by atoms with van der Waals surface area (Å²) in [4.78, 5) is 29.2. The predicted octanol–water partition coefficient (Wildman–Crippen LogP) is 5.32. The number of hydrogen-bond donors (Lipinski definition) is 1. The Bertz CT molecular complexity index is 1460. The summed E-state index contributed by atoms with van der Waals surface area (Å²) in [5.41, 5.74) is 2.01. The molecule has 1 aliphatic rings. The van der Waals surface area contributed by atoms with Crippen LogP contribution in [-0.2, 0) is 32.6 Å². The Kier molecular flexibility index (Phi) is 10.6. The molecule has 1 N–H and O–H groups in total. The number of para-hydroxylation sites is 1. The van der Waals surface area contributed by atoms with Crippen molar-refractivity contribution in [3.63, 3.8) is 0 Å². The quantitative estimate of drug-likeness (QED) is 0.308. The lowest BCUT2D eigenvalue weighted by atomic mass is 9.95. The zero-order valence-electron chi connectivity index (χ0n) is 24.7. The lowest BCUT2D eigenvalue weighted by molar-refractivity contribution is -0.139. The van der Waals surface area contributed by atoms with Gasteiger partial charge in [-0.15, -0.1) is 0 Å². The van der Waals surface area contributed by atoms with Gasteiger partial charge in [-0.1, -0.05) is 74.7 Å². The van der Waals surface area contributed by atoms with E-state index in [1.54, 1.807) is 44.4 Å². The first-order valence-corrected chi connectivity index (χ1v) is 16.1. The van der Waals surface area contributed by atoms with Crippen molar-refractivity contribution < 1.29 is 22.7 Å². The van der Waals surface area contributed by atoms with Gasteiger partial charge in [-0.3, -0.25) is 13.9 Å². The van der Waals surface area contributed by atoms with Gasteiger partial charge in [0.05, 0.1) is 17.7 Å². The molecule has 1 fully saturated rings. The van der Waals surface area contributed by atoms with Crippen molar-refractivity contribution in [3.05, 3.63) is 90.0 Å². The minimum absolute atomic E-state index is 0.0776. The molecule has 2 amide bonds. The van der Waals surface area contributed by atoms with E-state index in [0.29, 0.717) is 17.9 Å². The number of anilines is 1. The van der Waals surface area contributed by atoms with E-state index in [1.807, 2.05) is 43.3 Å². The normalized spacial score (nSPS) is 14.5. The summed E-state index contributed by atoms with van der Waals surface area (Å²) in [6, 6.07) is 21.9. The molecule has 3 aromatic rings. The number of aryl methyl sites for hydroxylation is 1. The molecule has 1 unspecified atom stereocenters. The van der Waals surface area contributed by atoms with Crippen LogP contribution >= 0.6 is 0 Å². The summed E-state index contributed by atoms with van der Waals surface area (Å²) in [6.45, 7) is 3.30. The largest absolute Gasteiger partial charge is 0.497 e. The van der Waals surface area contributed by atoms with Gasteiger partial charge in [0.15, 0.2) is 0 Å². The average Bonchev–Trinajstić information content (AvgIpc) is 3.03. The Morgan fingerprint density at radius 3 is 2.33 bits per heavy atom. The zero-order valence-corrected chi connectivity index (χ0v) is 25.5. The van der Waals surface area contributed by atoms with E-state index in [9.17, 15) is 18.0 Å². The van der Waals surface area contributed by atoms with Gasteiger partial charge in [0.2, 0.25) is 11.8 Å². The van der Waals surface area contributed by atoms with E-state index in [2.05, 4.69) is 5.32 Å². The minimum Gasteiger partial charge on any atom is -0.497 e. The highest BCUT2D eigenvalue weighted by Gasteiger charge is 2.33. The Morgan fingerprint density at radius 2 is 1.64 bits per heavy atom. The fraction of sp³-hybridized carbons (Fsp3) is 0.394. The molecule has 4 rings (SSSR count). The van der Waals surface area contributed by atoms with Crippen LogP contribution in [0, 0.1) is 0 Å². The summed E-state index contributed by atoms with van der Waals surface area (Å²) in [7, 11) is -2.53. The maximum absolute atomic E-state index is 14.2. The van der Waals surface area contributed by atoms with Gasteiger partial charge in [-0.05, 0) is 67.6 Å². The molecule has 0 spiro atoms. The Labute approximate surface area is 249 Å². The van der Waals surface area contributed by atoms with Gasteiger partial charge >= 0.3 is 0 Å². The zero-order chi connectivity index (χ0) is 30.1. The second-order valence-corrected chi connectivity index (χ2v) is 12.6. The average molecular weight is 592 g/mol. The van der Waals surface area contributed by atoms with Crippen molar-refractivity contribution in [2.45, 2.75) is 75.9 Å². The summed E-state index contributed by atoms with van der Waals surface area (Å²) < 4.78 is 34.6. The van der Waals surface area contributed by atoms with Gasteiger partial charge in [0.25, 0.3) is 10.0 Å². The molecule has 1 saturated carbocycles. The highest BCUT2D eigenvalue weighted by molar-refractivity contribution is 7.92. The molecule has 224 valence electrons. The van der Waals surface area contributed by atoms with Gasteiger partial charge in [-0.2, -0.15) is 0 Å². The molecule has 42 heavy (non-hydrogen) atoms. The van der Waals surface area contributed by atoms with Crippen molar-refractivity contribution in [2.24, 2.45) is 0 Å². The Balaban J connectivity index is 1.70. The van der Waals surface area contributed by atoms with E-state index < -0.39 is 28.5 Å². The molecule has 0 heterocycles. The van der Waals surface area contributed by atoms with Crippen LogP contribution in [0.3, 0.4) is 0 Å². The van der Waals surface area contributed by atoms with Crippen molar-refractivity contribution in [1.29, 1.82) is 0 Å². The fourth-order valence-electron chi connectivity index (χ4n) is 5.40. The molecule has 0 bridgehead atoms. The van der Waals surface area contributed by atoms with Crippen molar-refractivity contribution >= 4 is 27.5 Å². The monoisotopic (exact) mass is 591 g/mol. The van der Waals surface area contributed by atoms with Crippen LogP contribution in [0.1, 0.15) is 57.1 Å². The molecular formula is C33H41N3O5S. The summed E-state index contributed by atoms with van der Waals surface area (Å²) in [5.74, 6) is -0.0940. The van der Waals surface area contributed by atoms with E-state index >= 15 is 0 Å². The number of benzene rings is 3. The van der Waals surface area contributed by atoms with Crippen LogP contribution in [0.2, 0.25) is 0 Å². The summed E-state index contributed by atoms with van der Waals surface area (Å²) >= 11 is 0. The molecule has 0 saturated heterocycles. The summed E-state index contributed by atoms with van der Waals surface area (Å²) in [5, 5.41) is 3.13. The van der Waals surface area contributed by atoms with Gasteiger partial charge in [0, 0.05) is 12.6 Å². The van der Waals surface area contributed by atoms with Gasteiger partial charge in [-0.25, -0.2) is 8.42 Å². The van der Waals surface area contributed by atoms with Crippen molar-refractivity contribution in [2.75, 3.05) is 18.0 Å². The third-order valence-electron chi connectivity index (χ3n) is 7.86. The Hall–Kier alpha value is -3.85. The first-order chi connectivity index (χ1) is 20.2. The van der Waals surface area contributed by atoms with Crippen LogP contribution in [0.5, 0.6) is 5.75 Å².